The number of aromatic nitrogens is 1. The van der Waals surface area contributed by atoms with E-state index in [1.54, 1.807) is 54.9 Å². The quantitative estimate of drug-likeness (QED) is 0.390. The van der Waals surface area contributed by atoms with Crippen molar-refractivity contribution >= 4 is 35.0 Å². The average Bonchev–Trinajstić information content (AvgIpc) is 2.79. The fraction of sp³-hybridized carbons (Fsp3) is 0.136. The molecule has 31 heavy (non-hydrogen) atoms. The summed E-state index contributed by atoms with van der Waals surface area (Å²) in [6.45, 7) is 0.333. The Bertz CT molecular complexity index is 1060. The van der Waals surface area contributed by atoms with Crippen molar-refractivity contribution in [1.82, 2.24) is 10.3 Å². The number of nitro groups is 1. The van der Waals surface area contributed by atoms with E-state index in [0.29, 0.717) is 23.5 Å². The summed E-state index contributed by atoms with van der Waals surface area (Å²) in [7, 11) is 0. The first-order chi connectivity index (χ1) is 15.0. The molecule has 0 aliphatic heterocycles. The lowest BCUT2D eigenvalue weighted by atomic mass is 10.1. The molecular formula is C22H20N4O4S. The van der Waals surface area contributed by atoms with Crippen LogP contribution >= 0.6 is 11.8 Å². The average molecular weight is 436 g/mol. The number of pyridine rings is 1. The molecule has 2 N–H and O–H groups in total. The molecule has 158 valence electrons. The van der Waals surface area contributed by atoms with Crippen LogP contribution in [0, 0.1) is 10.1 Å². The van der Waals surface area contributed by atoms with E-state index in [1.165, 1.54) is 23.9 Å². The highest BCUT2D eigenvalue weighted by Gasteiger charge is 2.13. The largest absolute Gasteiger partial charge is 0.348 e. The van der Waals surface area contributed by atoms with E-state index >= 15 is 0 Å². The van der Waals surface area contributed by atoms with Crippen LogP contribution in [0.4, 0.5) is 11.4 Å². The molecule has 0 spiro atoms. The van der Waals surface area contributed by atoms with Crippen LogP contribution in [0.1, 0.15) is 21.5 Å². The maximum atomic E-state index is 12.6. The van der Waals surface area contributed by atoms with Gasteiger partial charge in [-0.25, -0.2) is 0 Å². The molecule has 8 nitrogen and oxygen atoms in total. The van der Waals surface area contributed by atoms with E-state index < -0.39 is 4.92 Å². The van der Waals surface area contributed by atoms with Crippen molar-refractivity contribution in [2.45, 2.75) is 12.3 Å². The van der Waals surface area contributed by atoms with Crippen LogP contribution in [0.15, 0.2) is 73.1 Å². The Morgan fingerprint density at radius 3 is 2.48 bits per heavy atom. The molecule has 0 atom stereocenters. The van der Waals surface area contributed by atoms with E-state index in [1.807, 2.05) is 6.07 Å². The number of anilines is 1. The number of nitrogens with one attached hydrogen (secondary N) is 2. The first kappa shape index (κ1) is 22.0. The van der Waals surface area contributed by atoms with Gasteiger partial charge in [0.2, 0.25) is 5.91 Å². The predicted octanol–water partition coefficient (Wildman–Crippen LogP) is 3.79. The Hall–Kier alpha value is -3.72. The number of amides is 2. The highest BCUT2D eigenvalue weighted by Crippen LogP contribution is 2.19. The SMILES string of the molecule is O=C(CSCc1ccc([N+](=O)[O-])cc1)Nc1ccccc1C(=O)NCc1cccnc1. The Labute approximate surface area is 183 Å². The molecule has 0 aliphatic carbocycles. The van der Waals surface area contributed by atoms with Crippen LogP contribution in [0.3, 0.4) is 0 Å². The summed E-state index contributed by atoms with van der Waals surface area (Å²) in [6, 6.07) is 16.7. The number of benzene rings is 2. The highest BCUT2D eigenvalue weighted by atomic mass is 32.2. The maximum absolute atomic E-state index is 12.6. The second kappa shape index (κ2) is 10.9. The van der Waals surface area contributed by atoms with E-state index in [2.05, 4.69) is 15.6 Å². The summed E-state index contributed by atoms with van der Waals surface area (Å²) in [4.78, 5) is 39.2. The lowest BCUT2D eigenvalue weighted by Crippen LogP contribution is -2.25. The molecule has 3 aromatic rings. The molecule has 0 unspecified atom stereocenters. The molecule has 0 bridgehead atoms. The molecule has 0 aliphatic rings. The number of nitro benzene ring substituents is 1. The Balaban J connectivity index is 1.51. The van der Waals surface area contributed by atoms with Gasteiger partial charge in [0.15, 0.2) is 0 Å². The smallest absolute Gasteiger partial charge is 0.269 e. The van der Waals surface area contributed by atoms with Crippen molar-refractivity contribution in [3.05, 3.63) is 99.9 Å². The van der Waals surface area contributed by atoms with E-state index in [4.69, 9.17) is 0 Å². The van der Waals surface area contributed by atoms with Gasteiger partial charge in [0.05, 0.1) is 21.9 Å². The molecular weight excluding hydrogens is 416 g/mol. The van der Waals surface area contributed by atoms with Gasteiger partial charge in [0, 0.05) is 36.8 Å². The number of para-hydroxylation sites is 1. The van der Waals surface area contributed by atoms with Gasteiger partial charge in [-0.2, -0.15) is 0 Å². The zero-order valence-electron chi connectivity index (χ0n) is 16.5. The van der Waals surface area contributed by atoms with E-state index in [9.17, 15) is 19.7 Å². The molecule has 9 heteroatoms. The topological polar surface area (TPSA) is 114 Å². The third-order valence-electron chi connectivity index (χ3n) is 4.27. The third-order valence-corrected chi connectivity index (χ3v) is 5.27. The zero-order chi connectivity index (χ0) is 22.1. The van der Waals surface area contributed by atoms with Crippen molar-refractivity contribution in [1.29, 1.82) is 0 Å². The lowest BCUT2D eigenvalue weighted by molar-refractivity contribution is -0.384. The molecule has 1 heterocycles. The molecule has 1 aromatic heterocycles. The number of non-ortho nitro benzene ring substituents is 1. The van der Waals surface area contributed by atoms with Gasteiger partial charge in [0.1, 0.15) is 0 Å². The van der Waals surface area contributed by atoms with Crippen LogP contribution in [0.5, 0.6) is 0 Å². The normalized spacial score (nSPS) is 10.3. The summed E-state index contributed by atoms with van der Waals surface area (Å²) >= 11 is 1.38. The number of hydrogen-bond donors (Lipinski definition) is 2. The minimum Gasteiger partial charge on any atom is -0.348 e. The minimum absolute atomic E-state index is 0.0323. The number of rotatable bonds is 9. The minimum atomic E-state index is -0.450. The molecule has 0 saturated carbocycles. The van der Waals surface area contributed by atoms with Crippen molar-refractivity contribution in [2.24, 2.45) is 0 Å². The summed E-state index contributed by atoms with van der Waals surface area (Å²) < 4.78 is 0. The number of hydrogen-bond acceptors (Lipinski definition) is 6. The first-order valence-corrected chi connectivity index (χ1v) is 10.6. The Kier molecular flexibility index (Phi) is 7.72. The van der Waals surface area contributed by atoms with Gasteiger partial charge in [0.25, 0.3) is 11.6 Å². The van der Waals surface area contributed by atoms with Gasteiger partial charge in [-0.3, -0.25) is 24.7 Å². The molecule has 3 rings (SSSR count). The van der Waals surface area contributed by atoms with Crippen molar-refractivity contribution < 1.29 is 14.5 Å². The fourth-order valence-electron chi connectivity index (χ4n) is 2.73. The van der Waals surface area contributed by atoms with Crippen molar-refractivity contribution in [3.8, 4) is 0 Å². The maximum Gasteiger partial charge on any atom is 0.269 e. The number of carbonyl (C=O) groups excluding carboxylic acids is 2. The van der Waals surface area contributed by atoms with Gasteiger partial charge in [-0.15, -0.1) is 11.8 Å². The number of nitrogens with zero attached hydrogens (tertiary/aromatic N) is 2. The van der Waals surface area contributed by atoms with E-state index in [-0.39, 0.29) is 23.3 Å². The Morgan fingerprint density at radius 2 is 1.77 bits per heavy atom. The van der Waals surface area contributed by atoms with Gasteiger partial charge in [-0.1, -0.05) is 30.3 Å². The van der Waals surface area contributed by atoms with Crippen LogP contribution in [-0.2, 0) is 17.1 Å². The summed E-state index contributed by atoms with van der Waals surface area (Å²) in [5.41, 5.74) is 2.61. The molecule has 2 amide bonds. The predicted molar refractivity (Wildman–Crippen MR) is 120 cm³/mol. The molecule has 0 saturated heterocycles. The van der Waals surface area contributed by atoms with Crippen LogP contribution < -0.4 is 10.6 Å². The second-order valence-corrected chi connectivity index (χ2v) is 7.54. The summed E-state index contributed by atoms with van der Waals surface area (Å²) in [6.07, 6.45) is 3.34. The van der Waals surface area contributed by atoms with E-state index in [0.717, 1.165) is 11.1 Å². The molecule has 0 radical (unpaired) electrons. The first-order valence-electron chi connectivity index (χ1n) is 9.40. The summed E-state index contributed by atoms with van der Waals surface area (Å²) in [5, 5.41) is 16.3. The van der Waals surface area contributed by atoms with Crippen LogP contribution in [-0.4, -0.2) is 27.5 Å². The molecule has 0 fully saturated rings. The van der Waals surface area contributed by atoms with Gasteiger partial charge < -0.3 is 10.6 Å². The van der Waals surface area contributed by atoms with Gasteiger partial charge >= 0.3 is 0 Å². The number of carbonyl (C=O) groups is 2. The second-order valence-electron chi connectivity index (χ2n) is 6.55. The standard InChI is InChI=1S/C22H20N4O4S/c27-21(15-31-14-16-7-9-18(10-8-16)26(29)30)25-20-6-2-1-5-19(20)22(28)24-13-17-4-3-11-23-12-17/h1-12H,13-15H2,(H,24,28)(H,25,27). The van der Waals surface area contributed by atoms with Gasteiger partial charge in [-0.05, 0) is 29.3 Å². The van der Waals surface area contributed by atoms with Crippen LogP contribution in [0.2, 0.25) is 0 Å². The number of thioether (sulfide) groups is 1. The lowest BCUT2D eigenvalue weighted by Gasteiger charge is -2.11. The van der Waals surface area contributed by atoms with Crippen LogP contribution in [0.25, 0.3) is 0 Å². The highest BCUT2D eigenvalue weighted by molar-refractivity contribution is 7.99. The Morgan fingerprint density at radius 1 is 1.00 bits per heavy atom. The fourth-order valence-corrected chi connectivity index (χ4v) is 3.52. The summed E-state index contributed by atoms with van der Waals surface area (Å²) in [5.74, 6) is 0.194. The zero-order valence-corrected chi connectivity index (χ0v) is 17.3. The van der Waals surface area contributed by atoms with Crippen molar-refractivity contribution in [3.63, 3.8) is 0 Å². The third kappa shape index (κ3) is 6.65. The molecule has 2 aromatic carbocycles. The van der Waals surface area contributed by atoms with Crippen molar-refractivity contribution in [2.75, 3.05) is 11.1 Å². The monoisotopic (exact) mass is 436 g/mol.